The molecule has 9 heavy (non-hydrogen) atoms. The van der Waals surface area contributed by atoms with Crippen molar-refractivity contribution in [1.29, 1.82) is 0 Å². The van der Waals surface area contributed by atoms with Crippen LogP contribution in [-0.4, -0.2) is 16.8 Å². The van der Waals surface area contributed by atoms with E-state index in [1.807, 2.05) is 0 Å². The highest BCUT2D eigenvalue weighted by Gasteiger charge is 2.19. The first-order chi connectivity index (χ1) is 4.43. The van der Waals surface area contributed by atoms with Crippen LogP contribution in [-0.2, 0) is 0 Å². The van der Waals surface area contributed by atoms with Crippen LogP contribution in [0.4, 0.5) is 0 Å². The topological polar surface area (TPSA) is 0 Å². The zero-order valence-corrected chi connectivity index (χ0v) is 7.56. The van der Waals surface area contributed by atoms with E-state index in [1.54, 1.807) is 0 Å². The Labute approximate surface area is 66.4 Å². The van der Waals surface area contributed by atoms with Gasteiger partial charge >= 0.3 is 0 Å². The minimum absolute atomic E-state index is 0.949. The normalized spacial score (nSPS) is 19.0. The lowest BCUT2D eigenvalue weighted by atomic mass is 9.97. The Balaban J connectivity index is 1.98. The first-order valence-electron chi connectivity index (χ1n) is 3.66. The van der Waals surface area contributed by atoms with Crippen molar-refractivity contribution in [2.24, 2.45) is 0 Å². The molecular weight excluding hydrogens is 147 g/mol. The summed E-state index contributed by atoms with van der Waals surface area (Å²) in [6, 6.07) is 0. The minimum atomic E-state index is 0.949. The molecule has 0 aliphatic carbocycles. The highest BCUT2D eigenvalue weighted by molar-refractivity contribution is 8.56. The second-order valence-electron chi connectivity index (χ2n) is 2.31. The van der Waals surface area contributed by atoms with E-state index < -0.39 is 0 Å². The third kappa shape index (κ3) is 2.90. The van der Waals surface area contributed by atoms with E-state index in [0.29, 0.717) is 0 Å². The highest BCUT2D eigenvalue weighted by atomic mass is 32.2. The van der Waals surface area contributed by atoms with Crippen molar-refractivity contribution in [3.8, 4) is 0 Å². The molecule has 0 aromatic heterocycles. The van der Waals surface area contributed by atoms with Crippen molar-refractivity contribution in [2.75, 3.05) is 11.5 Å². The van der Waals surface area contributed by atoms with Crippen LogP contribution in [0.15, 0.2) is 0 Å². The summed E-state index contributed by atoms with van der Waals surface area (Å²) in [6.07, 6.45) is 4.22. The number of unbranched alkanes of at least 4 members (excludes halogenated alkanes) is 1. The molecule has 0 nitrogen and oxygen atoms in total. The summed E-state index contributed by atoms with van der Waals surface area (Å²) < 4.78 is 0. The van der Waals surface area contributed by atoms with Crippen molar-refractivity contribution < 1.29 is 0 Å². The fraction of sp³-hybridized carbons (Fsp3) is 1.00. The smallest absolute Gasteiger partial charge is 0.194 e. The van der Waals surface area contributed by atoms with Gasteiger partial charge in [-0.15, -0.1) is 0 Å². The summed E-state index contributed by atoms with van der Waals surface area (Å²) in [5, 5.41) is 0.949. The first-order valence-corrected chi connectivity index (χ1v) is 5.76. The van der Waals surface area contributed by atoms with Gasteiger partial charge in [-0.05, 0) is 11.5 Å². The van der Waals surface area contributed by atoms with E-state index in [4.69, 9.17) is 0 Å². The molecule has 0 atom stereocenters. The van der Waals surface area contributed by atoms with Gasteiger partial charge in [0.05, 0.1) is 0 Å². The van der Waals surface area contributed by atoms with Gasteiger partial charge in [0.2, 0.25) is 0 Å². The molecule has 0 spiro atoms. The second kappa shape index (κ2) is 4.56. The lowest BCUT2D eigenvalue weighted by Crippen LogP contribution is -1.95. The molecule has 1 aliphatic heterocycles. The van der Waals surface area contributed by atoms with E-state index in [0.717, 1.165) is 5.27 Å². The highest BCUT2D eigenvalue weighted by Crippen LogP contribution is 2.31. The lowest BCUT2D eigenvalue weighted by molar-refractivity contribution is 0.882. The number of hydrogen-bond donors (Lipinski definition) is 0. The summed E-state index contributed by atoms with van der Waals surface area (Å²) in [4.78, 5) is 0. The Bertz CT molecular complexity index is 71.5. The second-order valence-corrected chi connectivity index (χ2v) is 5.23. The quantitative estimate of drug-likeness (QED) is 0.582. The van der Waals surface area contributed by atoms with Gasteiger partial charge in [0, 0.05) is 0 Å². The van der Waals surface area contributed by atoms with E-state index >= 15 is 0 Å². The van der Waals surface area contributed by atoms with Gasteiger partial charge in [-0.3, -0.25) is 0 Å². The molecule has 0 radical (unpaired) electrons. The van der Waals surface area contributed by atoms with E-state index in [2.05, 4.69) is 30.1 Å². The Morgan fingerprint density at radius 1 is 1.33 bits per heavy atom. The third-order valence-electron chi connectivity index (χ3n) is 1.48. The fourth-order valence-electron chi connectivity index (χ4n) is 0.945. The minimum Gasteiger partial charge on any atom is -0.194 e. The Kier molecular flexibility index (Phi) is 3.99. The van der Waals surface area contributed by atoms with E-state index in [-0.39, 0.29) is 0 Å². The first kappa shape index (κ1) is 7.87. The van der Waals surface area contributed by atoms with Crippen LogP contribution in [0, 0.1) is 0 Å². The average Bonchev–Trinajstić information content (AvgIpc) is 2.34. The van der Waals surface area contributed by atoms with Crippen LogP contribution in [0.1, 0.15) is 19.8 Å². The molecule has 0 bridgehead atoms. The molecule has 0 aromatic rings. The predicted octanol–water partition coefficient (Wildman–Crippen LogP) is 2.75. The Hall–Kier alpha value is 0.765. The third-order valence-corrected chi connectivity index (χ3v) is 4.65. The van der Waals surface area contributed by atoms with Crippen LogP contribution in [0.2, 0.25) is 6.32 Å². The van der Waals surface area contributed by atoms with Crippen molar-refractivity contribution >= 4 is 28.5 Å². The molecule has 0 unspecified atom stereocenters. The maximum absolute atomic E-state index is 2.27. The molecule has 1 fully saturated rings. The lowest BCUT2D eigenvalue weighted by Gasteiger charge is -1.99. The number of rotatable bonds is 3. The molecule has 1 aliphatic rings. The molecule has 0 saturated carbocycles. The largest absolute Gasteiger partial charge is 0.273 e. The molecule has 1 saturated heterocycles. The van der Waals surface area contributed by atoms with Gasteiger partial charge in [-0.25, -0.2) is 0 Å². The van der Waals surface area contributed by atoms with Crippen LogP contribution in [0.25, 0.3) is 0 Å². The zero-order chi connectivity index (χ0) is 6.53. The fourth-order valence-corrected chi connectivity index (χ4v) is 3.87. The van der Waals surface area contributed by atoms with Crippen molar-refractivity contribution in [3.05, 3.63) is 0 Å². The summed E-state index contributed by atoms with van der Waals surface area (Å²) in [7, 11) is 0. The van der Waals surface area contributed by atoms with Gasteiger partial charge in [0.1, 0.15) is 0 Å². The molecule has 1 rings (SSSR count). The molecular formula is C6H13BS2. The average molecular weight is 160 g/mol. The molecule has 3 heteroatoms. The van der Waals surface area contributed by atoms with Crippen LogP contribution in [0.3, 0.4) is 0 Å². The molecule has 0 N–H and O–H groups in total. The van der Waals surface area contributed by atoms with Crippen molar-refractivity contribution in [2.45, 2.75) is 26.1 Å². The molecule has 52 valence electrons. The van der Waals surface area contributed by atoms with E-state index in [9.17, 15) is 0 Å². The van der Waals surface area contributed by atoms with Crippen LogP contribution < -0.4 is 0 Å². The summed E-state index contributed by atoms with van der Waals surface area (Å²) in [5.74, 6) is 2.78. The monoisotopic (exact) mass is 160 g/mol. The maximum Gasteiger partial charge on any atom is 0.273 e. The number of hydrogen-bond acceptors (Lipinski definition) is 2. The predicted molar refractivity (Wildman–Crippen MR) is 50.4 cm³/mol. The zero-order valence-electron chi connectivity index (χ0n) is 5.93. The summed E-state index contributed by atoms with van der Waals surface area (Å²) in [5.41, 5.74) is 0. The standard InChI is InChI=1S/C6H13BS2/c1-2-3-4-7-8-5-6-9-7/h2-6H2,1H3. The Morgan fingerprint density at radius 3 is 2.56 bits per heavy atom. The molecule has 1 heterocycles. The van der Waals surface area contributed by atoms with Gasteiger partial charge in [0.15, 0.2) is 0 Å². The van der Waals surface area contributed by atoms with Crippen molar-refractivity contribution in [1.82, 2.24) is 0 Å². The molecule has 0 amide bonds. The SMILES string of the molecule is CCCCB1SCCS1. The van der Waals surface area contributed by atoms with Gasteiger partial charge in [0.25, 0.3) is 5.27 Å². The summed E-state index contributed by atoms with van der Waals surface area (Å²) >= 11 is 4.29. The summed E-state index contributed by atoms with van der Waals surface area (Å²) in [6.45, 7) is 2.27. The Morgan fingerprint density at radius 2 is 2.00 bits per heavy atom. The van der Waals surface area contributed by atoms with Gasteiger partial charge < -0.3 is 0 Å². The maximum atomic E-state index is 2.27. The van der Waals surface area contributed by atoms with Crippen molar-refractivity contribution in [3.63, 3.8) is 0 Å². The van der Waals surface area contributed by atoms with E-state index in [1.165, 1.54) is 30.7 Å². The van der Waals surface area contributed by atoms with Gasteiger partial charge in [-0.1, -0.05) is 26.1 Å². The van der Waals surface area contributed by atoms with Crippen LogP contribution >= 0.6 is 23.2 Å². The van der Waals surface area contributed by atoms with Gasteiger partial charge in [-0.2, -0.15) is 23.2 Å². The molecule has 0 aromatic carbocycles. The van der Waals surface area contributed by atoms with Crippen LogP contribution in [0.5, 0.6) is 0 Å².